The Hall–Kier alpha value is -2.58. The van der Waals surface area contributed by atoms with Gasteiger partial charge in [-0.3, -0.25) is 0 Å². The molecule has 25 heavy (non-hydrogen) atoms. The number of fused-ring (bicyclic) bond motifs is 1. The molecule has 0 saturated carbocycles. The van der Waals surface area contributed by atoms with E-state index in [1.807, 2.05) is 18.2 Å². The second-order valence-electron chi connectivity index (χ2n) is 6.40. The van der Waals surface area contributed by atoms with Gasteiger partial charge >= 0.3 is 0 Å². The van der Waals surface area contributed by atoms with Gasteiger partial charge in [0.15, 0.2) is 0 Å². The number of hydrogen-bond acceptors (Lipinski definition) is 1. The van der Waals surface area contributed by atoms with Gasteiger partial charge in [-0.2, -0.15) is 0 Å². The van der Waals surface area contributed by atoms with Crippen LogP contribution in [0.4, 0.5) is 0 Å². The summed E-state index contributed by atoms with van der Waals surface area (Å²) in [6, 6.07) is 25.0. The molecule has 0 fully saturated rings. The highest BCUT2D eigenvalue weighted by Gasteiger charge is 2.11. The highest BCUT2D eigenvalue weighted by molar-refractivity contribution is 6.30. The summed E-state index contributed by atoms with van der Waals surface area (Å²) in [5.74, 6) is 1.07. The molecule has 0 radical (unpaired) electrons. The molecule has 0 bridgehead atoms. The lowest BCUT2D eigenvalue weighted by atomic mass is 10.1. The molecular formula is C22H19ClN2. The third kappa shape index (κ3) is 3.45. The van der Waals surface area contributed by atoms with Crippen molar-refractivity contribution in [1.82, 2.24) is 9.55 Å². The highest BCUT2D eigenvalue weighted by Crippen LogP contribution is 2.21. The van der Waals surface area contributed by atoms with Gasteiger partial charge in [0.05, 0.1) is 11.0 Å². The Balaban J connectivity index is 1.76. The van der Waals surface area contributed by atoms with E-state index in [0.717, 1.165) is 29.3 Å². The molecule has 4 aromatic rings. The number of nitrogens with zero attached hydrogens (tertiary/aromatic N) is 2. The smallest absolute Gasteiger partial charge is 0.114 e. The third-order valence-electron chi connectivity index (χ3n) is 4.43. The van der Waals surface area contributed by atoms with Gasteiger partial charge in [0.2, 0.25) is 0 Å². The average molecular weight is 347 g/mol. The lowest BCUT2D eigenvalue weighted by molar-refractivity contribution is 0.762. The fourth-order valence-corrected chi connectivity index (χ4v) is 3.34. The average Bonchev–Trinajstić information content (AvgIpc) is 2.94. The quantitative estimate of drug-likeness (QED) is 0.467. The second kappa shape index (κ2) is 6.73. The lowest BCUT2D eigenvalue weighted by Crippen LogP contribution is -2.06. The van der Waals surface area contributed by atoms with Crippen LogP contribution in [0.1, 0.15) is 22.5 Å². The fraction of sp³-hybridized carbons (Fsp3) is 0.136. The molecule has 1 heterocycles. The number of aryl methyl sites for hydroxylation is 1. The van der Waals surface area contributed by atoms with Gasteiger partial charge in [0.1, 0.15) is 5.82 Å². The molecule has 0 aliphatic carbocycles. The van der Waals surface area contributed by atoms with Gasteiger partial charge in [-0.05, 0) is 42.3 Å². The maximum Gasteiger partial charge on any atom is 0.114 e. The monoisotopic (exact) mass is 346 g/mol. The second-order valence-corrected chi connectivity index (χ2v) is 6.83. The van der Waals surface area contributed by atoms with Crippen molar-refractivity contribution in [3.8, 4) is 0 Å². The van der Waals surface area contributed by atoms with Crippen molar-refractivity contribution < 1.29 is 0 Å². The van der Waals surface area contributed by atoms with Gasteiger partial charge in [-0.25, -0.2) is 4.98 Å². The summed E-state index contributed by atoms with van der Waals surface area (Å²) in [5, 5.41) is 0.761. The Morgan fingerprint density at radius 1 is 0.880 bits per heavy atom. The highest BCUT2D eigenvalue weighted by atomic mass is 35.5. The van der Waals surface area contributed by atoms with Crippen molar-refractivity contribution in [3.63, 3.8) is 0 Å². The molecule has 0 aliphatic heterocycles. The van der Waals surface area contributed by atoms with Crippen LogP contribution in [-0.4, -0.2) is 9.55 Å². The molecule has 124 valence electrons. The molecule has 0 saturated heterocycles. The van der Waals surface area contributed by atoms with E-state index < -0.39 is 0 Å². The van der Waals surface area contributed by atoms with E-state index >= 15 is 0 Å². The van der Waals surface area contributed by atoms with E-state index in [-0.39, 0.29) is 0 Å². The SMILES string of the molecule is Cc1cccc(Cn2c(Cc3ccc(Cl)cc3)nc3ccccc32)c1. The number of halogens is 1. The van der Waals surface area contributed by atoms with Crippen molar-refractivity contribution in [2.75, 3.05) is 0 Å². The van der Waals surface area contributed by atoms with Crippen LogP contribution in [0.5, 0.6) is 0 Å². The Morgan fingerprint density at radius 2 is 1.68 bits per heavy atom. The molecular weight excluding hydrogens is 328 g/mol. The fourth-order valence-electron chi connectivity index (χ4n) is 3.21. The molecule has 0 unspecified atom stereocenters. The van der Waals surface area contributed by atoms with E-state index in [4.69, 9.17) is 16.6 Å². The Kier molecular flexibility index (Phi) is 4.29. The first kappa shape index (κ1) is 15.9. The molecule has 3 aromatic carbocycles. The lowest BCUT2D eigenvalue weighted by Gasteiger charge is -2.10. The van der Waals surface area contributed by atoms with E-state index in [0.29, 0.717) is 0 Å². The summed E-state index contributed by atoms with van der Waals surface area (Å²) in [4.78, 5) is 4.88. The summed E-state index contributed by atoms with van der Waals surface area (Å²) in [7, 11) is 0. The molecule has 0 N–H and O–H groups in total. The van der Waals surface area contributed by atoms with Gasteiger partial charge in [0.25, 0.3) is 0 Å². The maximum absolute atomic E-state index is 6.01. The van der Waals surface area contributed by atoms with Gasteiger partial charge in [-0.15, -0.1) is 0 Å². The normalized spacial score (nSPS) is 11.1. The van der Waals surface area contributed by atoms with E-state index in [2.05, 4.69) is 66.1 Å². The van der Waals surface area contributed by atoms with E-state index in [1.54, 1.807) is 0 Å². The zero-order valence-electron chi connectivity index (χ0n) is 14.1. The summed E-state index contributed by atoms with van der Waals surface area (Å²) in [6.07, 6.45) is 0.789. The minimum Gasteiger partial charge on any atom is -0.323 e. The zero-order chi connectivity index (χ0) is 17.2. The van der Waals surface area contributed by atoms with Crippen LogP contribution >= 0.6 is 11.6 Å². The molecule has 0 spiro atoms. The predicted octanol–water partition coefficient (Wildman–Crippen LogP) is 5.64. The molecule has 0 amide bonds. The van der Waals surface area contributed by atoms with Crippen LogP contribution < -0.4 is 0 Å². The van der Waals surface area contributed by atoms with Crippen molar-refractivity contribution in [1.29, 1.82) is 0 Å². The van der Waals surface area contributed by atoms with Crippen LogP contribution in [0.2, 0.25) is 5.02 Å². The summed E-state index contributed by atoms with van der Waals surface area (Å²) < 4.78 is 2.32. The van der Waals surface area contributed by atoms with E-state index in [1.165, 1.54) is 22.2 Å². The molecule has 2 nitrogen and oxygen atoms in total. The van der Waals surface area contributed by atoms with Crippen LogP contribution in [0.3, 0.4) is 0 Å². The number of rotatable bonds is 4. The standard InChI is InChI=1S/C22H19ClN2/c1-16-5-4-6-18(13-16)15-25-21-8-3-2-7-20(21)24-22(25)14-17-9-11-19(23)12-10-17/h2-13H,14-15H2,1H3. The molecule has 0 aliphatic rings. The van der Waals surface area contributed by atoms with Crippen molar-refractivity contribution in [2.45, 2.75) is 19.9 Å². The first-order valence-corrected chi connectivity index (χ1v) is 8.81. The predicted molar refractivity (Wildman–Crippen MR) is 104 cm³/mol. The Labute approximate surface area is 152 Å². The van der Waals surface area contributed by atoms with Gasteiger partial charge in [-0.1, -0.05) is 65.7 Å². The molecule has 1 aromatic heterocycles. The summed E-state index contributed by atoms with van der Waals surface area (Å²) >= 11 is 6.01. The number of para-hydroxylation sites is 2. The summed E-state index contributed by atoms with van der Waals surface area (Å²) in [5.41, 5.74) is 6.00. The Bertz CT molecular complexity index is 1020. The molecule has 0 atom stereocenters. The van der Waals surface area contributed by atoms with Crippen LogP contribution in [-0.2, 0) is 13.0 Å². The largest absolute Gasteiger partial charge is 0.323 e. The van der Waals surface area contributed by atoms with Crippen LogP contribution in [0.25, 0.3) is 11.0 Å². The Morgan fingerprint density at radius 3 is 2.48 bits per heavy atom. The van der Waals surface area contributed by atoms with Crippen molar-refractivity contribution in [3.05, 3.63) is 100 Å². The number of aromatic nitrogens is 2. The maximum atomic E-state index is 6.01. The number of benzene rings is 3. The molecule has 3 heteroatoms. The van der Waals surface area contributed by atoms with Crippen molar-refractivity contribution in [2.24, 2.45) is 0 Å². The van der Waals surface area contributed by atoms with Crippen LogP contribution in [0, 0.1) is 6.92 Å². The third-order valence-corrected chi connectivity index (χ3v) is 4.68. The minimum absolute atomic E-state index is 0.761. The topological polar surface area (TPSA) is 17.8 Å². The summed E-state index contributed by atoms with van der Waals surface area (Å²) in [6.45, 7) is 2.95. The van der Waals surface area contributed by atoms with Gasteiger partial charge in [0, 0.05) is 18.0 Å². The minimum atomic E-state index is 0.761. The first-order valence-electron chi connectivity index (χ1n) is 8.43. The van der Waals surface area contributed by atoms with Crippen molar-refractivity contribution >= 4 is 22.6 Å². The van der Waals surface area contributed by atoms with Gasteiger partial charge < -0.3 is 4.57 Å². The zero-order valence-corrected chi connectivity index (χ0v) is 14.9. The van der Waals surface area contributed by atoms with Crippen LogP contribution in [0.15, 0.2) is 72.8 Å². The number of imidazole rings is 1. The molecule has 4 rings (SSSR count). The first-order chi connectivity index (χ1) is 12.2. The van der Waals surface area contributed by atoms with E-state index in [9.17, 15) is 0 Å². The number of hydrogen-bond donors (Lipinski definition) is 0.